The maximum Gasteiger partial charge on any atom is 0.157 e. The third kappa shape index (κ3) is 3.52. The van der Waals surface area contributed by atoms with E-state index in [2.05, 4.69) is 9.97 Å². The molecule has 0 fully saturated rings. The van der Waals surface area contributed by atoms with Crippen molar-refractivity contribution in [1.29, 1.82) is 0 Å². The van der Waals surface area contributed by atoms with Crippen LogP contribution in [-0.2, 0) is 12.6 Å². The predicted molar refractivity (Wildman–Crippen MR) is 136 cm³/mol. The number of pyridine rings is 2. The number of aryl methyl sites for hydroxylation is 1. The van der Waals surface area contributed by atoms with Gasteiger partial charge in [-0.05, 0) is 41.0 Å². The summed E-state index contributed by atoms with van der Waals surface area (Å²) in [4.78, 5) is 15.3. The number of aliphatic hydroxyl groups is 1. The van der Waals surface area contributed by atoms with Gasteiger partial charge in [-0.25, -0.2) is 9.97 Å². The fourth-order valence-corrected chi connectivity index (χ4v) is 4.73. The van der Waals surface area contributed by atoms with Crippen molar-refractivity contribution in [3.05, 3.63) is 107 Å². The average Bonchev–Trinajstić information content (AvgIpc) is 3.30. The van der Waals surface area contributed by atoms with Crippen LogP contribution in [0, 0.1) is 0 Å². The third-order valence-corrected chi connectivity index (χ3v) is 6.48. The summed E-state index contributed by atoms with van der Waals surface area (Å²) in [6, 6.07) is 19.3. The largest absolute Gasteiger partial charge is 0.374 e. The minimum Gasteiger partial charge on any atom is -0.374 e. The molecule has 0 saturated carbocycles. The monoisotopic (exact) mass is 469 g/mol. The molecule has 0 radical (unpaired) electrons. The smallest absolute Gasteiger partial charge is 0.157 e. The van der Waals surface area contributed by atoms with Gasteiger partial charge >= 0.3 is 0 Å². The normalized spacial score (nSPS) is 13.1. The lowest BCUT2D eigenvalue weighted by Crippen LogP contribution is -2.31. The van der Waals surface area contributed by atoms with Crippen molar-refractivity contribution >= 4 is 28.3 Å². The molecule has 1 atom stereocenters. The molecule has 0 aliphatic carbocycles. The Morgan fingerprint density at radius 1 is 0.941 bits per heavy atom. The first-order valence-electron chi connectivity index (χ1n) is 10.9. The van der Waals surface area contributed by atoms with Crippen LogP contribution in [0.1, 0.15) is 16.8 Å². The number of rotatable bonds is 5. The lowest BCUT2D eigenvalue weighted by Gasteiger charge is -2.30. The Bertz CT molecular complexity index is 1470. The second-order valence-electron chi connectivity index (χ2n) is 8.45. The summed E-state index contributed by atoms with van der Waals surface area (Å²) in [7, 11) is 5.77. The number of anilines is 1. The van der Waals surface area contributed by atoms with Crippen molar-refractivity contribution in [2.75, 3.05) is 19.0 Å². The number of nitrogens with zero attached hydrogens (tertiary/aromatic N) is 5. The van der Waals surface area contributed by atoms with E-state index in [9.17, 15) is 5.11 Å². The molecular formula is C27H24ClN5O. The van der Waals surface area contributed by atoms with Crippen molar-refractivity contribution in [3.63, 3.8) is 0 Å². The number of aromatic nitrogens is 4. The van der Waals surface area contributed by atoms with Crippen LogP contribution in [0.25, 0.3) is 22.0 Å². The van der Waals surface area contributed by atoms with E-state index in [4.69, 9.17) is 16.6 Å². The molecule has 3 aromatic heterocycles. The van der Waals surface area contributed by atoms with E-state index in [1.807, 2.05) is 91.3 Å². The van der Waals surface area contributed by atoms with Crippen LogP contribution in [0.15, 0.2) is 85.6 Å². The first-order chi connectivity index (χ1) is 16.4. The van der Waals surface area contributed by atoms with E-state index in [0.717, 1.165) is 27.8 Å². The lowest BCUT2D eigenvalue weighted by atomic mass is 9.83. The number of benzene rings is 2. The van der Waals surface area contributed by atoms with Gasteiger partial charge in [-0.1, -0.05) is 48.0 Å². The highest BCUT2D eigenvalue weighted by molar-refractivity contribution is 6.38. The number of halogens is 1. The number of imidazole rings is 1. The van der Waals surface area contributed by atoms with E-state index < -0.39 is 5.60 Å². The number of hydrogen-bond acceptors (Lipinski definition) is 5. The quantitative estimate of drug-likeness (QED) is 0.391. The molecule has 0 aliphatic heterocycles. The van der Waals surface area contributed by atoms with Gasteiger partial charge in [0.1, 0.15) is 5.82 Å². The Morgan fingerprint density at radius 3 is 2.32 bits per heavy atom. The zero-order chi connectivity index (χ0) is 23.9. The molecule has 0 saturated heterocycles. The molecule has 1 N–H and O–H groups in total. The van der Waals surface area contributed by atoms with Crippen LogP contribution in [0.2, 0.25) is 5.02 Å². The van der Waals surface area contributed by atoms with E-state index in [1.165, 1.54) is 0 Å². The van der Waals surface area contributed by atoms with Crippen molar-refractivity contribution in [3.8, 4) is 11.1 Å². The molecule has 5 aromatic rings. The SMILES string of the molecule is CN(C)c1nc2ccc([C@](O)(c3ccncc3)c3cncn3C)cc2c(Cl)c1-c1ccccc1. The lowest BCUT2D eigenvalue weighted by molar-refractivity contribution is 0.117. The highest BCUT2D eigenvalue weighted by atomic mass is 35.5. The molecular weight excluding hydrogens is 446 g/mol. The molecule has 170 valence electrons. The first kappa shape index (κ1) is 22.1. The predicted octanol–water partition coefficient (Wildman–Crippen LogP) is 5.03. The Labute approximate surface area is 203 Å². The van der Waals surface area contributed by atoms with Crippen LogP contribution in [0.4, 0.5) is 5.82 Å². The number of hydrogen-bond donors (Lipinski definition) is 1. The molecule has 34 heavy (non-hydrogen) atoms. The Hall–Kier alpha value is -3.74. The van der Waals surface area contributed by atoms with Crippen LogP contribution < -0.4 is 4.90 Å². The van der Waals surface area contributed by atoms with Gasteiger partial charge in [0.15, 0.2) is 5.60 Å². The maximum absolute atomic E-state index is 12.2. The summed E-state index contributed by atoms with van der Waals surface area (Å²) in [6.07, 6.45) is 6.69. The Kier molecular flexibility index (Phi) is 5.55. The van der Waals surface area contributed by atoms with Crippen LogP contribution in [0.5, 0.6) is 0 Å². The zero-order valence-electron chi connectivity index (χ0n) is 19.1. The van der Waals surface area contributed by atoms with E-state index in [0.29, 0.717) is 21.8 Å². The van der Waals surface area contributed by atoms with Crippen molar-refractivity contribution in [2.45, 2.75) is 5.60 Å². The molecule has 6 nitrogen and oxygen atoms in total. The Morgan fingerprint density at radius 2 is 1.68 bits per heavy atom. The fraction of sp³-hybridized carbons (Fsp3) is 0.148. The van der Waals surface area contributed by atoms with Crippen molar-refractivity contribution in [2.24, 2.45) is 7.05 Å². The highest BCUT2D eigenvalue weighted by Gasteiger charge is 2.37. The molecule has 7 heteroatoms. The molecule has 0 bridgehead atoms. The molecule has 0 amide bonds. The van der Waals surface area contributed by atoms with Gasteiger partial charge in [0.05, 0.1) is 28.8 Å². The van der Waals surface area contributed by atoms with Crippen molar-refractivity contribution in [1.82, 2.24) is 19.5 Å². The molecule has 2 aromatic carbocycles. The summed E-state index contributed by atoms with van der Waals surface area (Å²) >= 11 is 7.07. The maximum atomic E-state index is 12.2. The van der Waals surface area contributed by atoms with Crippen LogP contribution >= 0.6 is 11.6 Å². The summed E-state index contributed by atoms with van der Waals surface area (Å²) in [6.45, 7) is 0. The van der Waals surface area contributed by atoms with Gasteiger partial charge < -0.3 is 14.6 Å². The summed E-state index contributed by atoms with van der Waals surface area (Å²) in [5, 5.41) is 13.6. The second-order valence-corrected chi connectivity index (χ2v) is 8.83. The zero-order valence-corrected chi connectivity index (χ0v) is 19.9. The molecule has 0 aliphatic rings. The molecule has 3 heterocycles. The minimum absolute atomic E-state index is 0.587. The van der Waals surface area contributed by atoms with Gasteiger partial charge in [0, 0.05) is 44.5 Å². The second kappa shape index (κ2) is 8.56. The van der Waals surface area contributed by atoms with E-state index in [-0.39, 0.29) is 0 Å². The summed E-state index contributed by atoms with van der Waals surface area (Å²) in [5.74, 6) is 0.785. The van der Waals surface area contributed by atoms with Gasteiger partial charge in [-0.15, -0.1) is 0 Å². The van der Waals surface area contributed by atoms with Crippen molar-refractivity contribution < 1.29 is 5.11 Å². The Balaban J connectivity index is 1.81. The molecule has 0 spiro atoms. The molecule has 0 unspecified atom stereocenters. The summed E-state index contributed by atoms with van der Waals surface area (Å²) < 4.78 is 1.81. The third-order valence-electron chi connectivity index (χ3n) is 6.09. The van der Waals surface area contributed by atoms with Gasteiger partial charge in [0.25, 0.3) is 0 Å². The van der Waals surface area contributed by atoms with Gasteiger partial charge in [-0.3, -0.25) is 4.98 Å². The van der Waals surface area contributed by atoms with Crippen LogP contribution in [0.3, 0.4) is 0 Å². The first-order valence-corrected chi connectivity index (χ1v) is 11.2. The average molecular weight is 470 g/mol. The van der Waals surface area contributed by atoms with Crippen LogP contribution in [-0.4, -0.2) is 38.7 Å². The molecule has 5 rings (SSSR count). The minimum atomic E-state index is -1.46. The van der Waals surface area contributed by atoms with Gasteiger partial charge in [-0.2, -0.15) is 0 Å². The van der Waals surface area contributed by atoms with E-state index in [1.54, 1.807) is 24.9 Å². The highest BCUT2D eigenvalue weighted by Crippen LogP contribution is 2.42. The van der Waals surface area contributed by atoms with Gasteiger partial charge in [0.2, 0.25) is 0 Å². The number of fused-ring (bicyclic) bond motifs is 1. The topological polar surface area (TPSA) is 67.1 Å². The standard InChI is InChI=1S/C27H24ClN5O/c1-32(2)26-24(18-7-5-4-6-8-18)25(28)21-15-20(9-10-22(21)31-26)27(34,19-11-13-29-14-12-19)23-16-30-17-33(23)3/h4-17,34H,1-3H3/t27-/m1/s1. The van der Waals surface area contributed by atoms with E-state index >= 15 is 0 Å². The summed E-state index contributed by atoms with van der Waals surface area (Å²) in [5.41, 5.74) is 3.10. The fourth-order valence-electron chi connectivity index (χ4n) is 4.38.